The Labute approximate surface area is 79.7 Å². The number of amides is 1. The van der Waals surface area contributed by atoms with Gasteiger partial charge in [0.1, 0.15) is 0 Å². The summed E-state index contributed by atoms with van der Waals surface area (Å²) in [5.41, 5.74) is 0. The van der Waals surface area contributed by atoms with E-state index in [0.29, 0.717) is 18.9 Å². The predicted octanol–water partition coefficient (Wildman–Crippen LogP) is 0.873. The average Bonchev–Trinajstić information content (AvgIpc) is 2.84. The third kappa shape index (κ3) is 2.69. The molecule has 76 valence electrons. The van der Waals surface area contributed by atoms with Gasteiger partial charge in [-0.2, -0.15) is 0 Å². The van der Waals surface area contributed by atoms with E-state index >= 15 is 0 Å². The summed E-state index contributed by atoms with van der Waals surface area (Å²) in [6, 6.07) is 0. The van der Waals surface area contributed by atoms with E-state index in [0.717, 1.165) is 13.0 Å². The zero-order valence-corrected chi connectivity index (χ0v) is 8.49. The summed E-state index contributed by atoms with van der Waals surface area (Å²) in [7, 11) is 0. The van der Waals surface area contributed by atoms with Crippen LogP contribution in [0.25, 0.3) is 0 Å². The van der Waals surface area contributed by atoms with Crippen molar-refractivity contribution >= 4 is 5.91 Å². The molecule has 2 atom stereocenters. The molecule has 0 spiro atoms. The minimum Gasteiger partial charge on any atom is -0.396 e. The van der Waals surface area contributed by atoms with Gasteiger partial charge < -0.3 is 10.0 Å². The largest absolute Gasteiger partial charge is 0.396 e. The standard InChI is InChI=1S/C10H19NO2/c1-3-11(5-4-6-12)10(13)9-7-8(9)2/h8-9,12H,3-7H2,1-2H3. The van der Waals surface area contributed by atoms with Crippen LogP contribution in [0.2, 0.25) is 0 Å². The van der Waals surface area contributed by atoms with Gasteiger partial charge in [0.05, 0.1) is 0 Å². The molecule has 0 radical (unpaired) electrons. The van der Waals surface area contributed by atoms with E-state index in [1.54, 1.807) is 0 Å². The molecule has 3 nitrogen and oxygen atoms in total. The molecule has 2 unspecified atom stereocenters. The van der Waals surface area contributed by atoms with Crippen LogP contribution in [0, 0.1) is 11.8 Å². The average molecular weight is 185 g/mol. The molecule has 0 aromatic rings. The molecule has 1 amide bonds. The Morgan fingerprint density at radius 3 is 2.62 bits per heavy atom. The van der Waals surface area contributed by atoms with E-state index in [1.807, 2.05) is 11.8 Å². The van der Waals surface area contributed by atoms with Crippen molar-refractivity contribution in [3.05, 3.63) is 0 Å². The summed E-state index contributed by atoms with van der Waals surface area (Å²) in [6.45, 7) is 5.74. The van der Waals surface area contributed by atoms with Gasteiger partial charge in [-0.15, -0.1) is 0 Å². The van der Waals surface area contributed by atoms with Gasteiger partial charge in [0, 0.05) is 25.6 Å². The Morgan fingerprint density at radius 1 is 1.62 bits per heavy atom. The third-order valence-corrected chi connectivity index (χ3v) is 2.71. The molecule has 0 aliphatic heterocycles. The lowest BCUT2D eigenvalue weighted by Gasteiger charge is -2.20. The maximum atomic E-state index is 11.7. The first kappa shape index (κ1) is 10.5. The van der Waals surface area contributed by atoms with Crippen LogP contribution in [0.1, 0.15) is 26.7 Å². The highest BCUT2D eigenvalue weighted by Gasteiger charge is 2.40. The zero-order chi connectivity index (χ0) is 9.84. The fraction of sp³-hybridized carbons (Fsp3) is 0.900. The number of hydrogen-bond acceptors (Lipinski definition) is 2. The summed E-state index contributed by atoms with van der Waals surface area (Å²) >= 11 is 0. The van der Waals surface area contributed by atoms with Gasteiger partial charge in [-0.3, -0.25) is 4.79 Å². The second-order valence-electron chi connectivity index (χ2n) is 3.81. The third-order valence-electron chi connectivity index (χ3n) is 2.71. The van der Waals surface area contributed by atoms with Gasteiger partial charge in [-0.1, -0.05) is 6.92 Å². The number of carbonyl (C=O) groups excluding carboxylic acids is 1. The van der Waals surface area contributed by atoms with Gasteiger partial charge in [0.2, 0.25) is 5.91 Å². The summed E-state index contributed by atoms with van der Waals surface area (Å²) < 4.78 is 0. The maximum absolute atomic E-state index is 11.7. The fourth-order valence-corrected chi connectivity index (χ4v) is 1.59. The van der Waals surface area contributed by atoms with Crippen LogP contribution in [-0.2, 0) is 4.79 Å². The molecule has 0 heterocycles. The Morgan fingerprint density at radius 2 is 2.23 bits per heavy atom. The van der Waals surface area contributed by atoms with Gasteiger partial charge in [0.15, 0.2) is 0 Å². The quantitative estimate of drug-likeness (QED) is 0.690. The molecule has 13 heavy (non-hydrogen) atoms. The van der Waals surface area contributed by atoms with Crippen molar-refractivity contribution in [2.75, 3.05) is 19.7 Å². The second kappa shape index (κ2) is 4.61. The zero-order valence-electron chi connectivity index (χ0n) is 8.49. The van der Waals surface area contributed by atoms with Gasteiger partial charge in [-0.05, 0) is 25.7 Å². The van der Waals surface area contributed by atoms with Crippen molar-refractivity contribution in [3.63, 3.8) is 0 Å². The van der Waals surface area contributed by atoms with Gasteiger partial charge >= 0.3 is 0 Å². The first-order chi connectivity index (χ1) is 6.20. The number of aliphatic hydroxyl groups excluding tert-OH is 1. The predicted molar refractivity (Wildman–Crippen MR) is 51.2 cm³/mol. The Hall–Kier alpha value is -0.570. The SMILES string of the molecule is CCN(CCCO)C(=O)C1CC1C. The fourth-order valence-electron chi connectivity index (χ4n) is 1.59. The molecular weight excluding hydrogens is 166 g/mol. The topological polar surface area (TPSA) is 40.5 Å². The maximum Gasteiger partial charge on any atom is 0.225 e. The number of hydrogen-bond donors (Lipinski definition) is 1. The molecule has 1 rings (SSSR count). The lowest BCUT2D eigenvalue weighted by atomic mass is 10.2. The van der Waals surface area contributed by atoms with Crippen LogP contribution in [0.5, 0.6) is 0 Å². The summed E-state index contributed by atoms with van der Waals surface area (Å²) in [4.78, 5) is 13.5. The highest BCUT2D eigenvalue weighted by atomic mass is 16.3. The van der Waals surface area contributed by atoms with Crippen molar-refractivity contribution < 1.29 is 9.90 Å². The van der Waals surface area contributed by atoms with Crippen LogP contribution in [0.15, 0.2) is 0 Å². The number of carbonyl (C=O) groups is 1. The highest BCUT2D eigenvalue weighted by molar-refractivity contribution is 5.81. The van der Waals surface area contributed by atoms with E-state index in [4.69, 9.17) is 5.11 Å². The van der Waals surface area contributed by atoms with Gasteiger partial charge in [-0.25, -0.2) is 0 Å². The summed E-state index contributed by atoms with van der Waals surface area (Å²) in [5.74, 6) is 1.14. The molecule has 1 fully saturated rings. The van der Waals surface area contributed by atoms with Crippen molar-refractivity contribution in [1.82, 2.24) is 4.90 Å². The Kier molecular flexibility index (Phi) is 3.72. The molecule has 1 saturated carbocycles. The van der Waals surface area contributed by atoms with E-state index in [1.165, 1.54) is 0 Å². The molecule has 1 N–H and O–H groups in total. The lowest BCUT2D eigenvalue weighted by Crippen LogP contribution is -2.33. The molecule has 0 saturated heterocycles. The van der Waals surface area contributed by atoms with Crippen LogP contribution in [-0.4, -0.2) is 35.6 Å². The van der Waals surface area contributed by atoms with E-state index in [2.05, 4.69) is 6.92 Å². The Bertz CT molecular complexity index is 182. The monoisotopic (exact) mass is 185 g/mol. The normalized spacial score (nSPS) is 25.8. The van der Waals surface area contributed by atoms with Crippen molar-refractivity contribution in [1.29, 1.82) is 0 Å². The first-order valence-electron chi connectivity index (χ1n) is 5.10. The molecule has 1 aliphatic carbocycles. The summed E-state index contributed by atoms with van der Waals surface area (Å²) in [6.07, 6.45) is 1.75. The first-order valence-corrected chi connectivity index (χ1v) is 5.10. The smallest absolute Gasteiger partial charge is 0.225 e. The van der Waals surface area contributed by atoms with E-state index in [-0.39, 0.29) is 18.4 Å². The van der Waals surface area contributed by atoms with Crippen molar-refractivity contribution in [2.24, 2.45) is 11.8 Å². The minimum absolute atomic E-state index is 0.171. The number of aliphatic hydroxyl groups is 1. The van der Waals surface area contributed by atoms with Crippen LogP contribution in [0.3, 0.4) is 0 Å². The van der Waals surface area contributed by atoms with Crippen LogP contribution in [0.4, 0.5) is 0 Å². The number of rotatable bonds is 5. The molecule has 0 bridgehead atoms. The molecule has 3 heteroatoms. The lowest BCUT2D eigenvalue weighted by molar-refractivity contribution is -0.132. The summed E-state index contributed by atoms with van der Waals surface area (Å²) in [5, 5.41) is 8.66. The molecular formula is C10H19NO2. The second-order valence-corrected chi connectivity index (χ2v) is 3.81. The molecule has 0 aromatic heterocycles. The minimum atomic E-state index is 0.171. The van der Waals surface area contributed by atoms with Crippen LogP contribution >= 0.6 is 0 Å². The highest BCUT2D eigenvalue weighted by Crippen LogP contribution is 2.39. The molecule has 1 aliphatic rings. The van der Waals surface area contributed by atoms with Crippen molar-refractivity contribution in [2.45, 2.75) is 26.7 Å². The van der Waals surface area contributed by atoms with E-state index in [9.17, 15) is 4.79 Å². The Balaban J connectivity index is 2.32. The molecule has 0 aromatic carbocycles. The van der Waals surface area contributed by atoms with E-state index < -0.39 is 0 Å². The number of nitrogens with zero attached hydrogens (tertiary/aromatic N) is 1. The van der Waals surface area contributed by atoms with Crippen molar-refractivity contribution in [3.8, 4) is 0 Å². The van der Waals surface area contributed by atoms with Crippen LogP contribution < -0.4 is 0 Å². The van der Waals surface area contributed by atoms with Gasteiger partial charge in [0.25, 0.3) is 0 Å².